The summed E-state index contributed by atoms with van der Waals surface area (Å²) in [6.45, 7) is 1.78. The number of nitro groups is 1. The van der Waals surface area contributed by atoms with E-state index in [2.05, 4.69) is 5.10 Å². The summed E-state index contributed by atoms with van der Waals surface area (Å²) in [5.74, 6) is 0.427. The molecule has 0 atom stereocenters. The molecule has 0 saturated heterocycles. The average Bonchev–Trinajstić information content (AvgIpc) is 2.92. The molecule has 0 aliphatic carbocycles. The van der Waals surface area contributed by atoms with Crippen LogP contribution in [-0.4, -0.2) is 46.9 Å². The summed E-state index contributed by atoms with van der Waals surface area (Å²) in [6.07, 6.45) is 0. The van der Waals surface area contributed by atoms with E-state index >= 15 is 0 Å². The van der Waals surface area contributed by atoms with Crippen LogP contribution < -0.4 is 4.74 Å². The Balaban J connectivity index is 0.00000243. The first-order valence-electron chi connectivity index (χ1n) is 8.01. The van der Waals surface area contributed by atoms with Crippen LogP contribution in [0.1, 0.15) is 5.56 Å². The third kappa shape index (κ3) is 4.50. The van der Waals surface area contributed by atoms with E-state index in [1.807, 2.05) is 54.0 Å². The molecule has 0 bridgehead atoms. The number of benzene rings is 2. The number of hydrogen-bond acceptors (Lipinski definition) is 5. The van der Waals surface area contributed by atoms with Gasteiger partial charge < -0.3 is 9.64 Å². The highest BCUT2D eigenvalue weighted by atomic mass is 35.5. The number of aromatic nitrogens is 2. The molecule has 0 unspecified atom stereocenters. The SMILES string of the molecule is CN(C)CCOc1nn(Cc2ccccc2)c2ccc([N+](=O)[O-])cc12.Cl. The fourth-order valence-corrected chi connectivity index (χ4v) is 2.56. The molecule has 0 N–H and O–H groups in total. The number of fused-ring (bicyclic) bond motifs is 1. The van der Waals surface area contributed by atoms with E-state index in [4.69, 9.17) is 4.74 Å². The van der Waals surface area contributed by atoms with Crippen molar-refractivity contribution >= 4 is 29.0 Å². The molecule has 3 aromatic rings. The Kier molecular flexibility index (Phi) is 6.54. The molecule has 26 heavy (non-hydrogen) atoms. The van der Waals surface area contributed by atoms with E-state index in [0.717, 1.165) is 17.6 Å². The van der Waals surface area contributed by atoms with Crippen molar-refractivity contribution in [3.8, 4) is 5.88 Å². The van der Waals surface area contributed by atoms with Crippen LogP contribution >= 0.6 is 12.4 Å². The molecule has 1 aromatic heterocycles. The molecular formula is C18H21ClN4O3. The molecule has 0 aliphatic rings. The van der Waals surface area contributed by atoms with E-state index in [1.54, 1.807) is 6.07 Å². The Labute approximate surface area is 157 Å². The Morgan fingerprint density at radius 3 is 2.58 bits per heavy atom. The van der Waals surface area contributed by atoms with Gasteiger partial charge in [-0.2, -0.15) is 0 Å². The molecule has 7 nitrogen and oxygen atoms in total. The van der Waals surface area contributed by atoms with Crippen LogP contribution in [0.2, 0.25) is 0 Å². The lowest BCUT2D eigenvalue weighted by atomic mass is 10.2. The molecule has 0 fully saturated rings. The quantitative estimate of drug-likeness (QED) is 0.467. The maximum Gasteiger partial charge on any atom is 0.270 e. The Morgan fingerprint density at radius 1 is 1.19 bits per heavy atom. The van der Waals surface area contributed by atoms with Gasteiger partial charge in [-0.25, -0.2) is 0 Å². The van der Waals surface area contributed by atoms with Crippen LogP contribution in [0.25, 0.3) is 10.9 Å². The van der Waals surface area contributed by atoms with Crippen LogP contribution in [0, 0.1) is 10.1 Å². The number of ether oxygens (including phenoxy) is 1. The van der Waals surface area contributed by atoms with E-state index in [-0.39, 0.29) is 18.1 Å². The van der Waals surface area contributed by atoms with Gasteiger partial charge in [-0.3, -0.25) is 14.8 Å². The van der Waals surface area contributed by atoms with Crippen LogP contribution in [0.15, 0.2) is 48.5 Å². The predicted octanol–water partition coefficient (Wildman–Crippen LogP) is 3.36. The summed E-state index contributed by atoms with van der Waals surface area (Å²) in [6, 6.07) is 14.7. The summed E-state index contributed by atoms with van der Waals surface area (Å²) in [7, 11) is 3.92. The number of hydrogen-bond donors (Lipinski definition) is 0. The normalized spacial score (nSPS) is 10.7. The first-order chi connectivity index (χ1) is 12.0. The summed E-state index contributed by atoms with van der Waals surface area (Å²) < 4.78 is 7.61. The molecule has 3 rings (SSSR count). The summed E-state index contributed by atoms with van der Waals surface area (Å²) in [4.78, 5) is 12.7. The highest BCUT2D eigenvalue weighted by molar-refractivity contribution is 5.86. The molecule has 0 aliphatic heterocycles. The molecule has 0 radical (unpaired) electrons. The summed E-state index contributed by atoms with van der Waals surface area (Å²) >= 11 is 0. The standard InChI is InChI=1S/C18H20N4O3.ClH/c1-20(2)10-11-25-18-16-12-15(22(23)24)8-9-17(16)21(19-18)13-14-6-4-3-5-7-14;/h3-9,12H,10-11,13H2,1-2H3;1H. The average molecular weight is 377 g/mol. The van der Waals surface area contributed by atoms with E-state index in [1.165, 1.54) is 12.1 Å². The molecule has 0 saturated carbocycles. The Hall–Kier alpha value is -2.64. The maximum absolute atomic E-state index is 11.1. The zero-order valence-electron chi connectivity index (χ0n) is 14.7. The van der Waals surface area contributed by atoms with Crippen LogP contribution in [-0.2, 0) is 6.54 Å². The highest BCUT2D eigenvalue weighted by Crippen LogP contribution is 2.29. The lowest BCUT2D eigenvalue weighted by molar-refractivity contribution is -0.384. The van der Waals surface area contributed by atoms with Crippen LogP contribution in [0.5, 0.6) is 5.88 Å². The minimum atomic E-state index is -0.405. The van der Waals surface area contributed by atoms with Gasteiger partial charge in [0, 0.05) is 18.7 Å². The number of rotatable bonds is 7. The Morgan fingerprint density at radius 2 is 1.92 bits per heavy atom. The monoisotopic (exact) mass is 376 g/mol. The molecular weight excluding hydrogens is 356 g/mol. The smallest absolute Gasteiger partial charge is 0.270 e. The molecule has 1 heterocycles. The van der Waals surface area contributed by atoms with Gasteiger partial charge in [0.05, 0.1) is 22.4 Å². The second kappa shape index (κ2) is 8.64. The summed E-state index contributed by atoms with van der Waals surface area (Å²) in [5, 5.41) is 16.3. The lowest BCUT2D eigenvalue weighted by Gasteiger charge is -2.09. The van der Waals surface area contributed by atoms with Crippen molar-refractivity contribution in [3.05, 3.63) is 64.2 Å². The van der Waals surface area contributed by atoms with E-state index in [9.17, 15) is 10.1 Å². The third-order valence-electron chi connectivity index (χ3n) is 3.86. The molecule has 0 amide bonds. The fraction of sp³-hybridized carbons (Fsp3) is 0.278. The van der Waals surface area contributed by atoms with Gasteiger partial charge >= 0.3 is 0 Å². The van der Waals surface area contributed by atoms with Gasteiger partial charge in [0.1, 0.15) is 6.61 Å². The van der Waals surface area contributed by atoms with Gasteiger partial charge in [0.25, 0.3) is 5.69 Å². The molecule has 138 valence electrons. The van der Waals surface area contributed by atoms with Gasteiger partial charge in [-0.15, -0.1) is 17.5 Å². The lowest BCUT2D eigenvalue weighted by Crippen LogP contribution is -2.19. The third-order valence-corrected chi connectivity index (χ3v) is 3.86. The second-order valence-corrected chi connectivity index (χ2v) is 6.06. The van der Waals surface area contributed by atoms with Crippen molar-refractivity contribution in [3.63, 3.8) is 0 Å². The van der Waals surface area contributed by atoms with Crippen LogP contribution in [0.3, 0.4) is 0 Å². The first-order valence-corrected chi connectivity index (χ1v) is 8.01. The number of halogens is 1. The van der Waals surface area contributed by atoms with Gasteiger partial charge in [-0.05, 0) is 25.7 Å². The van der Waals surface area contributed by atoms with Crippen molar-refractivity contribution in [2.24, 2.45) is 0 Å². The minimum Gasteiger partial charge on any atom is -0.475 e. The molecule has 2 aromatic carbocycles. The van der Waals surface area contributed by atoms with Crippen molar-refractivity contribution in [2.45, 2.75) is 6.54 Å². The van der Waals surface area contributed by atoms with Gasteiger partial charge in [0.2, 0.25) is 5.88 Å². The maximum atomic E-state index is 11.1. The van der Waals surface area contributed by atoms with Crippen molar-refractivity contribution in [1.82, 2.24) is 14.7 Å². The second-order valence-electron chi connectivity index (χ2n) is 6.06. The molecule has 0 spiro atoms. The van der Waals surface area contributed by atoms with Crippen molar-refractivity contribution < 1.29 is 9.66 Å². The van der Waals surface area contributed by atoms with Crippen molar-refractivity contribution in [2.75, 3.05) is 27.2 Å². The number of likely N-dealkylation sites (N-methyl/N-ethyl adjacent to an activating group) is 1. The van der Waals surface area contributed by atoms with E-state index < -0.39 is 4.92 Å². The van der Waals surface area contributed by atoms with Gasteiger partial charge in [-0.1, -0.05) is 30.3 Å². The minimum absolute atomic E-state index is 0. The van der Waals surface area contributed by atoms with Crippen molar-refractivity contribution in [1.29, 1.82) is 0 Å². The topological polar surface area (TPSA) is 73.4 Å². The summed E-state index contributed by atoms with van der Waals surface area (Å²) in [5.41, 5.74) is 1.95. The zero-order valence-corrected chi connectivity index (χ0v) is 15.5. The zero-order chi connectivity index (χ0) is 17.8. The molecule has 8 heteroatoms. The number of nitro benzene ring substituents is 1. The Bertz CT molecular complexity index is 881. The van der Waals surface area contributed by atoms with E-state index in [0.29, 0.717) is 24.4 Å². The first kappa shape index (κ1) is 19.7. The highest BCUT2D eigenvalue weighted by Gasteiger charge is 2.16. The van der Waals surface area contributed by atoms with Crippen LogP contribution in [0.4, 0.5) is 5.69 Å². The number of nitrogens with zero attached hydrogens (tertiary/aromatic N) is 4. The predicted molar refractivity (Wildman–Crippen MR) is 103 cm³/mol. The fourth-order valence-electron chi connectivity index (χ4n) is 2.56. The largest absolute Gasteiger partial charge is 0.475 e. The van der Waals surface area contributed by atoms with Gasteiger partial charge in [0.15, 0.2) is 0 Å². The number of non-ortho nitro benzene ring substituents is 1.